The largest absolute Gasteiger partial charge is 0.378 e. The Hall–Kier alpha value is -2.19. The fraction of sp³-hybridized carbons (Fsp3) is 0.667. The number of hydrogen-bond acceptors (Lipinski definition) is 8. The Balaban J connectivity index is 1.22. The van der Waals surface area contributed by atoms with Crippen LogP contribution in [0.15, 0.2) is 22.9 Å². The monoisotopic (exact) mass is 398 g/mol. The van der Waals surface area contributed by atoms with E-state index in [0.29, 0.717) is 12.0 Å². The molecule has 2 aromatic heterocycles. The summed E-state index contributed by atoms with van der Waals surface area (Å²) in [6.07, 6.45) is 6.73. The summed E-state index contributed by atoms with van der Waals surface area (Å²) in [5.74, 6) is 3.49. The topological polar surface area (TPSA) is 70.8 Å². The molecule has 1 aliphatic carbocycles. The molecule has 0 bridgehead atoms. The third-order valence-electron chi connectivity index (χ3n) is 6.25. The summed E-state index contributed by atoms with van der Waals surface area (Å²) < 4.78 is 11.0. The van der Waals surface area contributed by atoms with E-state index in [9.17, 15) is 0 Å². The van der Waals surface area contributed by atoms with Crippen molar-refractivity contribution in [1.82, 2.24) is 20.0 Å². The van der Waals surface area contributed by atoms with Crippen LogP contribution in [0.25, 0.3) is 0 Å². The molecule has 0 N–H and O–H groups in total. The van der Waals surface area contributed by atoms with E-state index in [1.807, 2.05) is 12.3 Å². The number of piperidine rings is 1. The van der Waals surface area contributed by atoms with Crippen LogP contribution >= 0.6 is 0 Å². The number of morpholine rings is 1. The van der Waals surface area contributed by atoms with E-state index >= 15 is 0 Å². The Morgan fingerprint density at radius 3 is 2.86 bits per heavy atom. The molecule has 29 heavy (non-hydrogen) atoms. The molecule has 3 fully saturated rings. The number of ether oxygens (including phenoxy) is 1. The quantitative estimate of drug-likeness (QED) is 0.734. The van der Waals surface area contributed by atoms with E-state index in [-0.39, 0.29) is 0 Å². The number of rotatable bonds is 6. The van der Waals surface area contributed by atoms with Crippen LogP contribution in [0.2, 0.25) is 0 Å². The smallest absolute Gasteiger partial charge is 0.227 e. The highest BCUT2D eigenvalue weighted by Gasteiger charge is 2.29. The van der Waals surface area contributed by atoms with Crippen molar-refractivity contribution in [1.29, 1.82) is 0 Å². The maximum atomic E-state index is 5.53. The fourth-order valence-electron chi connectivity index (χ4n) is 4.32. The molecule has 0 amide bonds. The maximum Gasteiger partial charge on any atom is 0.227 e. The highest BCUT2D eigenvalue weighted by molar-refractivity contribution is 5.44. The van der Waals surface area contributed by atoms with Gasteiger partial charge in [-0.15, -0.1) is 0 Å². The Labute approximate surface area is 171 Å². The molecule has 1 saturated carbocycles. The highest BCUT2D eigenvalue weighted by atomic mass is 16.5. The SMILES string of the molecule is CN(c1ccnc(N2CCOCC2)n1)C1CCCN(Cc2cc(C3CC3)on2)C1. The molecule has 1 atom stereocenters. The summed E-state index contributed by atoms with van der Waals surface area (Å²) in [7, 11) is 2.15. The average Bonchev–Trinajstić information content (AvgIpc) is 3.53. The minimum absolute atomic E-state index is 0.436. The molecule has 0 aromatic carbocycles. The zero-order valence-corrected chi connectivity index (χ0v) is 17.2. The number of likely N-dealkylation sites (tertiary alicyclic amines) is 1. The minimum Gasteiger partial charge on any atom is -0.378 e. The second kappa shape index (κ2) is 8.28. The van der Waals surface area contributed by atoms with Gasteiger partial charge in [-0.3, -0.25) is 4.90 Å². The van der Waals surface area contributed by atoms with Gasteiger partial charge in [0.25, 0.3) is 0 Å². The van der Waals surface area contributed by atoms with Crippen molar-refractivity contribution in [2.75, 3.05) is 56.2 Å². The Morgan fingerprint density at radius 2 is 2.03 bits per heavy atom. The third kappa shape index (κ3) is 4.38. The first-order chi connectivity index (χ1) is 14.3. The molecular weight excluding hydrogens is 368 g/mol. The second-order valence-electron chi connectivity index (χ2n) is 8.45. The molecule has 0 spiro atoms. The lowest BCUT2D eigenvalue weighted by molar-refractivity contribution is 0.122. The molecule has 4 heterocycles. The van der Waals surface area contributed by atoms with Crippen LogP contribution in [-0.4, -0.2) is 72.5 Å². The van der Waals surface area contributed by atoms with Gasteiger partial charge >= 0.3 is 0 Å². The molecular formula is C21H30N6O2. The van der Waals surface area contributed by atoms with Gasteiger partial charge in [-0.25, -0.2) is 4.98 Å². The molecule has 8 nitrogen and oxygen atoms in total. The van der Waals surface area contributed by atoms with E-state index < -0.39 is 0 Å². The van der Waals surface area contributed by atoms with E-state index in [4.69, 9.17) is 14.2 Å². The standard InChI is InChI=1S/C21H30N6O2/c1-25(20-6-7-22-21(23-20)27-9-11-28-12-10-27)18-3-2-8-26(15-18)14-17-13-19(29-24-17)16-4-5-16/h6-7,13,16,18H,2-5,8-12,14-15H2,1H3. The summed E-state index contributed by atoms with van der Waals surface area (Å²) in [4.78, 5) is 16.3. The molecule has 8 heteroatoms. The molecule has 5 rings (SSSR count). The van der Waals surface area contributed by atoms with Crippen LogP contribution in [0.5, 0.6) is 0 Å². The highest BCUT2D eigenvalue weighted by Crippen LogP contribution is 2.40. The van der Waals surface area contributed by atoms with Crippen molar-refractivity contribution in [3.05, 3.63) is 29.8 Å². The normalized spacial score (nSPS) is 23.3. The van der Waals surface area contributed by atoms with Crippen LogP contribution in [0.4, 0.5) is 11.8 Å². The zero-order valence-electron chi connectivity index (χ0n) is 17.2. The van der Waals surface area contributed by atoms with Gasteiger partial charge < -0.3 is 19.1 Å². The van der Waals surface area contributed by atoms with Crippen molar-refractivity contribution < 1.29 is 9.26 Å². The Bertz CT molecular complexity index is 817. The molecule has 0 radical (unpaired) electrons. The number of hydrogen-bond donors (Lipinski definition) is 0. The summed E-state index contributed by atoms with van der Waals surface area (Å²) in [5.41, 5.74) is 1.06. The van der Waals surface area contributed by atoms with Crippen molar-refractivity contribution in [2.45, 2.75) is 44.2 Å². The fourth-order valence-corrected chi connectivity index (χ4v) is 4.32. The van der Waals surface area contributed by atoms with E-state index in [1.54, 1.807) is 0 Å². The van der Waals surface area contributed by atoms with Gasteiger partial charge in [0.05, 0.1) is 18.9 Å². The summed E-state index contributed by atoms with van der Waals surface area (Å²) >= 11 is 0. The van der Waals surface area contributed by atoms with Gasteiger partial charge in [0.15, 0.2) is 0 Å². The van der Waals surface area contributed by atoms with Crippen molar-refractivity contribution in [2.24, 2.45) is 0 Å². The van der Waals surface area contributed by atoms with Crippen molar-refractivity contribution >= 4 is 11.8 Å². The van der Waals surface area contributed by atoms with Crippen LogP contribution < -0.4 is 9.80 Å². The van der Waals surface area contributed by atoms with Crippen molar-refractivity contribution in [3.8, 4) is 0 Å². The van der Waals surface area contributed by atoms with Gasteiger partial charge in [0, 0.05) is 57.4 Å². The van der Waals surface area contributed by atoms with E-state index in [2.05, 4.69) is 38.0 Å². The maximum absolute atomic E-state index is 5.53. The number of nitrogens with zero attached hydrogens (tertiary/aromatic N) is 6. The van der Waals surface area contributed by atoms with Crippen molar-refractivity contribution in [3.63, 3.8) is 0 Å². The first kappa shape index (κ1) is 18.8. The van der Waals surface area contributed by atoms with Crippen LogP contribution in [0.1, 0.15) is 43.1 Å². The van der Waals surface area contributed by atoms with Crippen LogP contribution in [0, 0.1) is 0 Å². The lowest BCUT2D eigenvalue weighted by Gasteiger charge is -2.38. The van der Waals surface area contributed by atoms with E-state index in [0.717, 1.165) is 69.2 Å². The molecule has 2 aromatic rings. The molecule has 2 aliphatic heterocycles. The average molecular weight is 399 g/mol. The van der Waals surface area contributed by atoms with Gasteiger partial charge in [0.2, 0.25) is 5.95 Å². The second-order valence-corrected chi connectivity index (χ2v) is 8.45. The lowest BCUT2D eigenvalue weighted by atomic mass is 10.0. The number of aromatic nitrogens is 3. The number of likely N-dealkylation sites (N-methyl/N-ethyl adjacent to an activating group) is 1. The first-order valence-corrected chi connectivity index (χ1v) is 10.8. The Kier molecular flexibility index (Phi) is 5.37. The lowest BCUT2D eigenvalue weighted by Crippen LogP contribution is -2.46. The van der Waals surface area contributed by atoms with Crippen LogP contribution in [0.3, 0.4) is 0 Å². The van der Waals surface area contributed by atoms with E-state index in [1.165, 1.54) is 25.7 Å². The van der Waals surface area contributed by atoms with Gasteiger partial charge in [-0.1, -0.05) is 5.16 Å². The predicted molar refractivity (Wildman–Crippen MR) is 110 cm³/mol. The molecule has 156 valence electrons. The van der Waals surface area contributed by atoms with Gasteiger partial charge in [-0.2, -0.15) is 4.98 Å². The molecule has 2 saturated heterocycles. The summed E-state index contributed by atoms with van der Waals surface area (Å²) in [6.45, 7) is 6.17. The molecule has 3 aliphatic rings. The number of anilines is 2. The summed E-state index contributed by atoms with van der Waals surface area (Å²) in [5, 5.41) is 4.30. The van der Waals surface area contributed by atoms with Crippen LogP contribution in [-0.2, 0) is 11.3 Å². The summed E-state index contributed by atoms with van der Waals surface area (Å²) in [6, 6.07) is 4.61. The van der Waals surface area contributed by atoms with Gasteiger partial charge in [-0.05, 0) is 38.3 Å². The minimum atomic E-state index is 0.436. The van der Waals surface area contributed by atoms with Gasteiger partial charge in [0.1, 0.15) is 11.6 Å². The predicted octanol–water partition coefficient (Wildman–Crippen LogP) is 2.28. The molecule has 1 unspecified atom stereocenters. The third-order valence-corrected chi connectivity index (χ3v) is 6.25. The Morgan fingerprint density at radius 1 is 1.17 bits per heavy atom. The zero-order chi connectivity index (χ0) is 19.6. The first-order valence-electron chi connectivity index (χ1n) is 10.8.